The maximum absolute atomic E-state index is 13.2. The first-order valence-corrected chi connectivity index (χ1v) is 11.9. The summed E-state index contributed by atoms with van der Waals surface area (Å²) in [4.78, 5) is 50.4. The molecule has 3 aromatic rings. The van der Waals surface area contributed by atoms with Crippen LogP contribution in [-0.4, -0.2) is 48.2 Å². The summed E-state index contributed by atoms with van der Waals surface area (Å²) in [6, 6.07) is 23.5. The third-order valence-corrected chi connectivity index (χ3v) is 5.35. The molecule has 0 radical (unpaired) electrons. The van der Waals surface area contributed by atoms with Crippen molar-refractivity contribution in [3.8, 4) is 11.5 Å². The standard InChI is InChI=1S/C29H30N2O6/c1-21(32)36-27-14-13-25(18-28(27)37-22(2)33)26(34)20-31(19-24-11-7-4-8-12-24)16-15-30-29(35)17-23-9-5-3-6-10-23/h3-14,18H,15-17,19-20H2,1-2H3,(H,30,35). The van der Waals surface area contributed by atoms with Gasteiger partial charge in [-0.1, -0.05) is 60.7 Å². The number of nitrogens with zero attached hydrogens (tertiary/aromatic N) is 1. The van der Waals surface area contributed by atoms with Crippen molar-refractivity contribution < 1.29 is 28.7 Å². The van der Waals surface area contributed by atoms with E-state index in [9.17, 15) is 19.2 Å². The first-order valence-electron chi connectivity index (χ1n) is 11.9. The summed E-state index contributed by atoms with van der Waals surface area (Å²) in [6.45, 7) is 3.84. The Kier molecular flexibility index (Phi) is 10.1. The minimum atomic E-state index is -0.602. The molecule has 0 unspecified atom stereocenters. The molecular weight excluding hydrogens is 472 g/mol. The zero-order valence-electron chi connectivity index (χ0n) is 20.9. The maximum Gasteiger partial charge on any atom is 0.308 e. The number of Topliss-reactive ketones (excluding diaryl/α,β-unsaturated/α-hetero) is 1. The fourth-order valence-corrected chi connectivity index (χ4v) is 3.70. The van der Waals surface area contributed by atoms with Crippen LogP contribution in [0.25, 0.3) is 0 Å². The maximum atomic E-state index is 13.2. The molecular formula is C29H30N2O6. The van der Waals surface area contributed by atoms with Crippen molar-refractivity contribution in [2.75, 3.05) is 19.6 Å². The summed E-state index contributed by atoms with van der Waals surface area (Å²) in [5.41, 5.74) is 2.26. The molecule has 1 N–H and O–H groups in total. The number of ether oxygens (including phenoxy) is 2. The molecule has 8 nitrogen and oxygen atoms in total. The highest BCUT2D eigenvalue weighted by Gasteiger charge is 2.18. The smallest absolute Gasteiger partial charge is 0.308 e. The lowest BCUT2D eigenvalue weighted by Crippen LogP contribution is -2.37. The Hall–Kier alpha value is -4.30. The van der Waals surface area contributed by atoms with Gasteiger partial charge < -0.3 is 14.8 Å². The SMILES string of the molecule is CC(=O)Oc1ccc(C(=O)CN(CCNC(=O)Cc2ccccc2)Cc2ccccc2)cc1OC(C)=O. The summed E-state index contributed by atoms with van der Waals surface area (Å²) >= 11 is 0. The summed E-state index contributed by atoms with van der Waals surface area (Å²) < 4.78 is 10.2. The number of benzene rings is 3. The molecule has 192 valence electrons. The molecule has 0 aliphatic rings. The van der Waals surface area contributed by atoms with Crippen molar-refractivity contribution in [3.63, 3.8) is 0 Å². The van der Waals surface area contributed by atoms with Crippen LogP contribution in [0, 0.1) is 0 Å². The number of nitrogens with one attached hydrogen (secondary N) is 1. The largest absolute Gasteiger partial charge is 0.423 e. The van der Waals surface area contributed by atoms with E-state index in [2.05, 4.69) is 5.32 Å². The molecule has 3 rings (SSSR count). The monoisotopic (exact) mass is 502 g/mol. The van der Waals surface area contributed by atoms with E-state index in [-0.39, 0.29) is 36.2 Å². The second-order valence-electron chi connectivity index (χ2n) is 8.48. The zero-order chi connectivity index (χ0) is 26.6. The lowest BCUT2D eigenvalue weighted by molar-refractivity contribution is -0.134. The molecule has 3 aromatic carbocycles. The van der Waals surface area contributed by atoms with Gasteiger partial charge in [-0.2, -0.15) is 0 Å². The molecule has 0 aliphatic heterocycles. The van der Waals surface area contributed by atoms with E-state index < -0.39 is 11.9 Å². The Balaban J connectivity index is 1.68. The van der Waals surface area contributed by atoms with Gasteiger partial charge in [-0.25, -0.2) is 0 Å². The first kappa shape index (κ1) is 27.3. The molecule has 0 fully saturated rings. The lowest BCUT2D eigenvalue weighted by Gasteiger charge is -2.22. The molecule has 0 heterocycles. The van der Waals surface area contributed by atoms with Gasteiger partial charge in [0.2, 0.25) is 5.91 Å². The van der Waals surface area contributed by atoms with Gasteiger partial charge in [0.25, 0.3) is 0 Å². The van der Waals surface area contributed by atoms with Crippen LogP contribution in [0.4, 0.5) is 0 Å². The Labute approximate surface area is 216 Å². The molecule has 8 heteroatoms. The minimum absolute atomic E-state index is 0.00339. The van der Waals surface area contributed by atoms with Crippen molar-refractivity contribution in [3.05, 3.63) is 95.6 Å². The summed E-state index contributed by atoms with van der Waals surface area (Å²) in [6.07, 6.45) is 0.284. The van der Waals surface area contributed by atoms with E-state index in [1.165, 1.54) is 32.0 Å². The summed E-state index contributed by atoms with van der Waals surface area (Å²) in [5, 5.41) is 2.92. The van der Waals surface area contributed by atoms with E-state index in [1.54, 1.807) is 0 Å². The predicted octanol–water partition coefficient (Wildman–Crippen LogP) is 3.58. The Morgan fingerprint density at radius 2 is 1.35 bits per heavy atom. The van der Waals surface area contributed by atoms with Crippen LogP contribution in [0.3, 0.4) is 0 Å². The number of carbonyl (C=O) groups excluding carboxylic acids is 4. The van der Waals surface area contributed by atoms with Gasteiger partial charge in [-0.3, -0.25) is 24.1 Å². The van der Waals surface area contributed by atoms with Gasteiger partial charge in [0.05, 0.1) is 13.0 Å². The fourth-order valence-electron chi connectivity index (χ4n) is 3.70. The van der Waals surface area contributed by atoms with Crippen LogP contribution in [-0.2, 0) is 27.3 Å². The topological polar surface area (TPSA) is 102 Å². The molecule has 0 aliphatic carbocycles. The number of amides is 1. The summed E-state index contributed by atoms with van der Waals surface area (Å²) in [7, 11) is 0. The first-order chi connectivity index (χ1) is 17.8. The van der Waals surface area contributed by atoms with Crippen LogP contribution < -0.4 is 14.8 Å². The molecule has 0 aromatic heterocycles. The number of hydrogen-bond donors (Lipinski definition) is 1. The second kappa shape index (κ2) is 13.7. The van der Waals surface area contributed by atoms with Crippen molar-refractivity contribution in [2.45, 2.75) is 26.8 Å². The Morgan fingerprint density at radius 1 is 0.757 bits per heavy atom. The average Bonchev–Trinajstić information content (AvgIpc) is 2.85. The number of rotatable bonds is 12. The van der Waals surface area contributed by atoms with Crippen LogP contribution in [0.5, 0.6) is 11.5 Å². The predicted molar refractivity (Wildman–Crippen MR) is 138 cm³/mol. The second-order valence-corrected chi connectivity index (χ2v) is 8.48. The van der Waals surface area contributed by atoms with E-state index in [4.69, 9.17) is 9.47 Å². The number of esters is 2. The number of carbonyl (C=O) groups is 4. The third-order valence-electron chi connectivity index (χ3n) is 5.35. The number of hydrogen-bond acceptors (Lipinski definition) is 7. The van der Waals surface area contributed by atoms with Gasteiger partial charge in [0.15, 0.2) is 17.3 Å². The normalized spacial score (nSPS) is 10.6. The molecule has 0 bridgehead atoms. The molecule has 0 saturated heterocycles. The quantitative estimate of drug-likeness (QED) is 0.229. The van der Waals surface area contributed by atoms with Crippen LogP contribution >= 0.6 is 0 Å². The molecule has 1 amide bonds. The van der Waals surface area contributed by atoms with Gasteiger partial charge >= 0.3 is 11.9 Å². The zero-order valence-corrected chi connectivity index (χ0v) is 20.9. The van der Waals surface area contributed by atoms with Gasteiger partial charge in [0.1, 0.15) is 0 Å². The summed E-state index contributed by atoms with van der Waals surface area (Å²) in [5.74, 6) is -1.43. The van der Waals surface area contributed by atoms with E-state index >= 15 is 0 Å². The van der Waals surface area contributed by atoms with Crippen molar-refractivity contribution in [2.24, 2.45) is 0 Å². The van der Waals surface area contributed by atoms with Crippen LogP contribution in [0.15, 0.2) is 78.9 Å². The van der Waals surface area contributed by atoms with Crippen LogP contribution in [0.2, 0.25) is 0 Å². The molecule has 0 spiro atoms. The van der Waals surface area contributed by atoms with Crippen LogP contribution in [0.1, 0.15) is 35.3 Å². The highest BCUT2D eigenvalue weighted by molar-refractivity contribution is 5.98. The van der Waals surface area contributed by atoms with Gasteiger partial charge in [-0.05, 0) is 29.3 Å². The minimum Gasteiger partial charge on any atom is -0.423 e. The molecule has 0 atom stereocenters. The fraction of sp³-hybridized carbons (Fsp3) is 0.241. The third kappa shape index (κ3) is 9.35. The average molecular weight is 503 g/mol. The number of ketones is 1. The lowest BCUT2D eigenvalue weighted by atomic mass is 10.1. The van der Waals surface area contributed by atoms with Crippen molar-refractivity contribution >= 4 is 23.6 Å². The Bertz CT molecular complexity index is 1230. The van der Waals surface area contributed by atoms with Crippen molar-refractivity contribution in [1.82, 2.24) is 10.2 Å². The molecule has 0 saturated carbocycles. The van der Waals surface area contributed by atoms with Gasteiger partial charge in [-0.15, -0.1) is 0 Å². The molecule has 37 heavy (non-hydrogen) atoms. The van der Waals surface area contributed by atoms with Gasteiger partial charge in [0, 0.05) is 39.0 Å². The highest BCUT2D eigenvalue weighted by Crippen LogP contribution is 2.29. The van der Waals surface area contributed by atoms with E-state index in [0.29, 0.717) is 25.2 Å². The highest BCUT2D eigenvalue weighted by atomic mass is 16.6. The van der Waals surface area contributed by atoms with Crippen molar-refractivity contribution in [1.29, 1.82) is 0 Å². The Morgan fingerprint density at radius 3 is 1.97 bits per heavy atom. The van der Waals surface area contributed by atoms with E-state index in [0.717, 1.165) is 11.1 Å². The van der Waals surface area contributed by atoms with E-state index in [1.807, 2.05) is 65.6 Å².